The third-order valence-electron chi connectivity index (χ3n) is 2.64. The van der Waals surface area contributed by atoms with Gasteiger partial charge in [-0.25, -0.2) is 22.0 Å². The number of nitrogens with two attached hydrogens (primary N) is 1. The second-order valence-electron chi connectivity index (χ2n) is 4.08. The highest BCUT2D eigenvalue weighted by Crippen LogP contribution is 2.28. The van der Waals surface area contributed by atoms with Gasteiger partial charge >= 0.3 is 0 Å². The van der Waals surface area contributed by atoms with Gasteiger partial charge in [-0.15, -0.1) is 0 Å². The lowest BCUT2D eigenvalue weighted by Gasteiger charge is -2.14. The highest BCUT2D eigenvalue weighted by Gasteiger charge is 2.25. The Morgan fingerprint density at radius 1 is 1.38 bits per heavy atom. The van der Waals surface area contributed by atoms with Crippen molar-refractivity contribution in [1.29, 1.82) is 5.26 Å². The Morgan fingerprint density at radius 3 is 2.43 bits per heavy atom. The number of nitrogens with zero attached hydrogens (tertiary/aromatic N) is 1. The average molecular weight is 333 g/mol. The summed E-state index contributed by atoms with van der Waals surface area (Å²) in [6, 6.07) is 5.15. The molecule has 0 fully saturated rings. The van der Waals surface area contributed by atoms with Gasteiger partial charge in [0.25, 0.3) is 0 Å². The zero-order chi connectivity index (χ0) is 16.3. The molecule has 10 heteroatoms. The molecule has 21 heavy (non-hydrogen) atoms. The van der Waals surface area contributed by atoms with Gasteiger partial charge in [-0.1, -0.05) is 6.92 Å². The lowest BCUT2D eigenvalue weighted by Crippen LogP contribution is -2.26. The van der Waals surface area contributed by atoms with Gasteiger partial charge in [-0.2, -0.15) is 5.26 Å². The van der Waals surface area contributed by atoms with Crippen molar-refractivity contribution >= 4 is 25.7 Å². The summed E-state index contributed by atoms with van der Waals surface area (Å²) in [5.41, 5.74) is -0.0993. The highest BCUT2D eigenvalue weighted by atomic mass is 32.2. The van der Waals surface area contributed by atoms with Crippen molar-refractivity contribution in [3.8, 4) is 11.8 Å². The number of hydrogen-bond acceptors (Lipinski definition) is 6. The first kappa shape index (κ1) is 17.2. The Hall–Kier alpha value is -1.83. The molecule has 1 unspecified atom stereocenters. The number of anilines is 1. The summed E-state index contributed by atoms with van der Waals surface area (Å²) in [6.45, 7) is 1.55. The van der Waals surface area contributed by atoms with Gasteiger partial charge < -0.3 is 4.74 Å². The quantitative estimate of drug-likeness (QED) is 0.771. The van der Waals surface area contributed by atoms with E-state index in [4.69, 9.17) is 15.1 Å². The fourth-order valence-corrected chi connectivity index (χ4v) is 3.27. The van der Waals surface area contributed by atoms with E-state index < -0.39 is 25.3 Å². The van der Waals surface area contributed by atoms with Crippen LogP contribution in [0.25, 0.3) is 0 Å². The summed E-state index contributed by atoms with van der Waals surface area (Å²) < 4.78 is 53.8. The summed E-state index contributed by atoms with van der Waals surface area (Å²) in [4.78, 5) is -0.272. The maximum atomic E-state index is 12.0. The molecule has 1 rings (SSSR count). The van der Waals surface area contributed by atoms with Gasteiger partial charge in [-0.05, 0) is 24.6 Å². The Bertz CT molecular complexity index is 766. The molecule has 1 atom stereocenters. The van der Waals surface area contributed by atoms with Crippen LogP contribution < -0.4 is 14.6 Å². The minimum Gasteiger partial charge on any atom is -0.495 e. The first-order valence-electron chi connectivity index (χ1n) is 5.77. The first-order chi connectivity index (χ1) is 9.65. The number of nitriles is 1. The predicted octanol–water partition coefficient (Wildman–Crippen LogP) is 0.386. The zero-order valence-electron chi connectivity index (χ0n) is 11.4. The molecule has 116 valence electrons. The lowest BCUT2D eigenvalue weighted by atomic mass is 10.3. The van der Waals surface area contributed by atoms with E-state index in [2.05, 4.69) is 4.72 Å². The zero-order valence-corrected chi connectivity index (χ0v) is 13.0. The van der Waals surface area contributed by atoms with Gasteiger partial charge in [0.2, 0.25) is 20.0 Å². The number of ether oxygens (including phenoxy) is 1. The fourth-order valence-electron chi connectivity index (χ4n) is 1.55. The van der Waals surface area contributed by atoms with Gasteiger partial charge in [-0.3, -0.25) is 4.72 Å². The Morgan fingerprint density at radius 2 is 2.00 bits per heavy atom. The van der Waals surface area contributed by atoms with Crippen LogP contribution in [0.1, 0.15) is 13.3 Å². The molecule has 8 nitrogen and oxygen atoms in total. The number of rotatable bonds is 6. The fraction of sp³-hybridized carbons (Fsp3) is 0.364. The van der Waals surface area contributed by atoms with E-state index in [-0.39, 0.29) is 22.8 Å². The van der Waals surface area contributed by atoms with Crippen LogP contribution in [0.15, 0.2) is 23.1 Å². The lowest BCUT2D eigenvalue weighted by molar-refractivity contribution is 0.416. The van der Waals surface area contributed by atoms with Crippen LogP contribution in [-0.4, -0.2) is 29.2 Å². The Kier molecular flexibility index (Phi) is 5.16. The maximum Gasteiger partial charge on any atom is 0.249 e. The monoisotopic (exact) mass is 333 g/mol. The molecular weight excluding hydrogens is 318 g/mol. The number of nitrogens with one attached hydrogen (secondary N) is 1. The highest BCUT2D eigenvalue weighted by molar-refractivity contribution is 7.93. The van der Waals surface area contributed by atoms with E-state index in [1.165, 1.54) is 19.2 Å². The summed E-state index contributed by atoms with van der Waals surface area (Å²) in [7, 11) is -6.69. The molecule has 0 amide bonds. The van der Waals surface area contributed by atoms with Crippen LogP contribution in [0.4, 0.5) is 5.69 Å². The van der Waals surface area contributed by atoms with E-state index in [0.29, 0.717) is 0 Å². The molecule has 0 heterocycles. The second kappa shape index (κ2) is 6.30. The van der Waals surface area contributed by atoms with Crippen molar-refractivity contribution in [3.05, 3.63) is 18.2 Å². The number of primary sulfonamides is 1. The smallest absolute Gasteiger partial charge is 0.249 e. The standard InChI is InChI=1S/C11H15N3O5S2/c1-3-8(7-12)21(17,18)14-10-6-9(20(13,15)16)4-5-11(10)19-2/h4-6,8,14H,3H2,1-2H3,(H2,13,15,16). The van der Waals surface area contributed by atoms with Crippen molar-refractivity contribution in [2.45, 2.75) is 23.5 Å². The van der Waals surface area contributed by atoms with Crippen LogP contribution >= 0.6 is 0 Å². The van der Waals surface area contributed by atoms with E-state index in [9.17, 15) is 16.8 Å². The molecule has 0 aliphatic carbocycles. The van der Waals surface area contributed by atoms with Crippen LogP contribution in [0.5, 0.6) is 5.75 Å². The van der Waals surface area contributed by atoms with Gasteiger partial charge in [0.1, 0.15) is 5.75 Å². The van der Waals surface area contributed by atoms with E-state index in [1.807, 2.05) is 0 Å². The van der Waals surface area contributed by atoms with Crippen LogP contribution in [0, 0.1) is 11.3 Å². The topological polar surface area (TPSA) is 139 Å². The molecule has 0 aromatic heterocycles. The molecule has 0 spiro atoms. The summed E-state index contributed by atoms with van der Waals surface area (Å²) in [5.74, 6) is 0.110. The second-order valence-corrected chi connectivity index (χ2v) is 7.50. The Labute approximate surface area is 123 Å². The summed E-state index contributed by atoms with van der Waals surface area (Å²) in [6.07, 6.45) is 0.0863. The van der Waals surface area contributed by atoms with Crippen molar-refractivity contribution < 1.29 is 21.6 Å². The molecular formula is C11H15N3O5S2. The maximum absolute atomic E-state index is 12.0. The van der Waals surface area contributed by atoms with Crippen molar-refractivity contribution in [2.24, 2.45) is 5.14 Å². The number of sulfonamides is 2. The molecule has 0 aliphatic rings. The van der Waals surface area contributed by atoms with E-state index in [0.717, 1.165) is 6.07 Å². The van der Waals surface area contributed by atoms with Gasteiger partial charge in [0.05, 0.1) is 23.8 Å². The number of benzene rings is 1. The molecule has 0 radical (unpaired) electrons. The molecule has 0 bridgehead atoms. The molecule has 0 saturated heterocycles. The summed E-state index contributed by atoms with van der Waals surface area (Å²) in [5, 5.41) is 12.6. The molecule has 0 aliphatic heterocycles. The Balaban J connectivity index is 3.33. The minimum absolute atomic E-state index is 0.0863. The summed E-state index contributed by atoms with van der Waals surface area (Å²) >= 11 is 0. The van der Waals surface area contributed by atoms with Crippen molar-refractivity contribution in [1.82, 2.24) is 0 Å². The largest absolute Gasteiger partial charge is 0.495 e. The molecule has 0 saturated carbocycles. The molecule has 3 N–H and O–H groups in total. The van der Waals surface area contributed by atoms with Gasteiger partial charge in [0.15, 0.2) is 5.25 Å². The van der Waals surface area contributed by atoms with Crippen molar-refractivity contribution in [2.75, 3.05) is 11.8 Å². The SMILES string of the molecule is CCC(C#N)S(=O)(=O)Nc1cc(S(N)(=O)=O)ccc1OC. The normalized spacial score (nSPS) is 13.2. The third-order valence-corrected chi connectivity index (χ3v) is 5.24. The average Bonchev–Trinajstić information content (AvgIpc) is 2.38. The predicted molar refractivity (Wildman–Crippen MR) is 76.6 cm³/mol. The van der Waals surface area contributed by atoms with E-state index >= 15 is 0 Å². The van der Waals surface area contributed by atoms with Crippen LogP contribution in [0.3, 0.4) is 0 Å². The van der Waals surface area contributed by atoms with Crippen molar-refractivity contribution in [3.63, 3.8) is 0 Å². The number of hydrogen-bond donors (Lipinski definition) is 2. The number of methoxy groups -OCH3 is 1. The minimum atomic E-state index is -4.00. The third kappa shape index (κ3) is 4.07. The molecule has 1 aromatic carbocycles. The van der Waals surface area contributed by atoms with Crippen LogP contribution in [0.2, 0.25) is 0 Å². The molecule has 1 aromatic rings. The van der Waals surface area contributed by atoms with Crippen LogP contribution in [-0.2, 0) is 20.0 Å². The van der Waals surface area contributed by atoms with Gasteiger partial charge in [0, 0.05) is 0 Å². The van der Waals surface area contributed by atoms with E-state index in [1.54, 1.807) is 13.0 Å². The first-order valence-corrected chi connectivity index (χ1v) is 8.87.